The van der Waals surface area contributed by atoms with Crippen LogP contribution in [-0.2, 0) is 6.54 Å². The lowest BCUT2D eigenvalue weighted by Crippen LogP contribution is -2.45. The Labute approximate surface area is 146 Å². The van der Waals surface area contributed by atoms with Gasteiger partial charge in [0.25, 0.3) is 0 Å². The van der Waals surface area contributed by atoms with Gasteiger partial charge in [-0.05, 0) is 5.56 Å². The Morgan fingerprint density at radius 3 is 2.42 bits per heavy atom. The van der Waals surface area contributed by atoms with E-state index in [0.29, 0.717) is 6.54 Å². The Kier molecular flexibility index (Phi) is 4.31. The summed E-state index contributed by atoms with van der Waals surface area (Å²) in [6.07, 6.45) is 1.45. The maximum absolute atomic E-state index is 11.2. The molecule has 1 aliphatic rings. The molecule has 0 fully saturated rings. The van der Waals surface area contributed by atoms with E-state index in [1.54, 1.807) is 19.1 Å². The molecule has 12 heteroatoms. The molecule has 0 saturated heterocycles. The second kappa shape index (κ2) is 6.58. The lowest BCUT2D eigenvalue weighted by molar-refractivity contribution is -0.576. The summed E-state index contributed by atoms with van der Waals surface area (Å²) in [4.78, 5) is 30.0. The lowest BCUT2D eigenvalue weighted by atomic mass is 10.2. The van der Waals surface area contributed by atoms with E-state index in [-0.39, 0.29) is 11.9 Å². The molecule has 134 valence electrons. The fourth-order valence-electron chi connectivity index (χ4n) is 2.36. The second-order valence-electron chi connectivity index (χ2n) is 5.61. The molecule has 26 heavy (non-hydrogen) atoms. The number of hydrazine groups is 1. The minimum atomic E-state index is -1.23. The van der Waals surface area contributed by atoms with E-state index in [0.717, 1.165) is 5.56 Å². The number of fused-ring (bicyclic) bond motifs is 1. The van der Waals surface area contributed by atoms with Crippen molar-refractivity contribution in [3.05, 3.63) is 67.9 Å². The average molecular weight is 359 g/mol. The Morgan fingerprint density at radius 2 is 1.85 bits per heavy atom. The minimum absolute atomic E-state index is 0.106. The summed E-state index contributed by atoms with van der Waals surface area (Å²) in [6, 6.07) is 9.47. The quantitative estimate of drug-likeness (QED) is 0.416. The van der Waals surface area contributed by atoms with Gasteiger partial charge in [-0.3, -0.25) is 20.2 Å². The van der Waals surface area contributed by atoms with Crippen molar-refractivity contribution in [2.75, 3.05) is 24.4 Å². The van der Waals surface area contributed by atoms with Crippen LogP contribution in [0.25, 0.3) is 5.82 Å². The Bertz CT molecular complexity index is 976. The zero-order valence-electron chi connectivity index (χ0n) is 13.9. The van der Waals surface area contributed by atoms with Gasteiger partial charge in [-0.25, -0.2) is 0 Å². The van der Waals surface area contributed by atoms with Gasteiger partial charge in [0.2, 0.25) is 0 Å². The average Bonchev–Trinajstić information content (AvgIpc) is 2.97. The Hall–Kier alpha value is -3.83. The number of nitrogens with zero attached hydrogens (tertiary/aromatic N) is 7. The molecule has 0 saturated carbocycles. The molecule has 1 aromatic heterocycles. The van der Waals surface area contributed by atoms with Crippen LogP contribution >= 0.6 is 0 Å². The standard InChI is InChI=1S/C14H15N8O4/c1-18(2)13-15-11(12(21(23)24)22(25)26)20-9-19(17-14(20)16-13)8-10-6-4-3-5-7-10/h3-7,9H,8H2,1-2H3,(H,15,16,17)/q+1. The van der Waals surface area contributed by atoms with Crippen LogP contribution in [-0.4, -0.2) is 38.9 Å². The van der Waals surface area contributed by atoms with Gasteiger partial charge in [-0.1, -0.05) is 40.3 Å². The third kappa shape index (κ3) is 3.19. The molecule has 2 aromatic rings. The minimum Gasteiger partial charge on any atom is -0.330 e. The van der Waals surface area contributed by atoms with Crippen molar-refractivity contribution in [2.45, 2.75) is 6.54 Å². The summed E-state index contributed by atoms with van der Waals surface area (Å²) < 4.78 is 1.19. The number of hydrogen-bond donors (Lipinski definition) is 1. The van der Waals surface area contributed by atoms with Crippen LogP contribution in [0, 0.1) is 26.6 Å². The monoisotopic (exact) mass is 359 g/mol. The van der Waals surface area contributed by atoms with Crippen molar-refractivity contribution in [1.82, 2.24) is 15.0 Å². The zero-order chi connectivity index (χ0) is 18.8. The number of anilines is 2. The summed E-state index contributed by atoms with van der Waals surface area (Å²) in [5.41, 5.74) is 3.51. The molecule has 0 aliphatic carbocycles. The van der Waals surface area contributed by atoms with E-state index < -0.39 is 21.1 Å². The molecule has 12 nitrogen and oxygen atoms in total. The van der Waals surface area contributed by atoms with Crippen molar-refractivity contribution in [3.63, 3.8) is 0 Å². The number of nitrogens with one attached hydrogen (secondary N) is 1. The molecule has 0 unspecified atom stereocenters. The van der Waals surface area contributed by atoms with Crippen LogP contribution < -0.4 is 20.0 Å². The molecule has 3 rings (SSSR count). The predicted octanol–water partition coefficient (Wildman–Crippen LogP) is -0.741. The molecule has 1 aliphatic heterocycles. The number of nitro groups is 2. The molecule has 0 atom stereocenters. The van der Waals surface area contributed by atoms with E-state index in [2.05, 4.69) is 15.4 Å². The van der Waals surface area contributed by atoms with Gasteiger partial charge in [-0.2, -0.15) is 14.7 Å². The summed E-state index contributed by atoms with van der Waals surface area (Å²) in [5, 5.41) is 24.0. The van der Waals surface area contributed by atoms with Gasteiger partial charge in [0.1, 0.15) is 16.4 Å². The first kappa shape index (κ1) is 17.0. The molecule has 1 aromatic carbocycles. The number of benzene rings is 1. The van der Waals surface area contributed by atoms with Gasteiger partial charge < -0.3 is 4.90 Å². The summed E-state index contributed by atoms with van der Waals surface area (Å²) in [5.74, 6) is -0.929. The molecular weight excluding hydrogens is 344 g/mol. The van der Waals surface area contributed by atoms with E-state index in [4.69, 9.17) is 0 Å². The van der Waals surface area contributed by atoms with Crippen LogP contribution in [0.4, 0.5) is 11.9 Å². The SMILES string of the molecule is CN(C)c1nc2[n+](c(=C([N+](=O)[O-])[N+](=O)[O-])n1)=CN(Cc1ccccc1)N2. The Balaban J connectivity index is 2.17. The highest BCUT2D eigenvalue weighted by Crippen LogP contribution is 2.10. The molecule has 0 radical (unpaired) electrons. The fraction of sp³-hybridized carbons (Fsp3) is 0.214. The Morgan fingerprint density at radius 1 is 1.19 bits per heavy atom. The maximum Gasteiger partial charge on any atom is 0.622 e. The first-order valence-corrected chi connectivity index (χ1v) is 7.46. The van der Waals surface area contributed by atoms with Gasteiger partial charge in [-0.15, -0.1) is 0 Å². The summed E-state index contributed by atoms with van der Waals surface area (Å²) in [7, 11) is 3.27. The van der Waals surface area contributed by atoms with Gasteiger partial charge in [0, 0.05) is 14.1 Å². The molecular formula is C14H15N8O4+. The normalized spacial score (nSPS) is 12.0. The number of hydrogen-bond acceptors (Lipinski definition) is 9. The zero-order valence-corrected chi connectivity index (χ0v) is 13.9. The lowest BCUT2D eigenvalue weighted by Gasteiger charge is -2.09. The molecule has 1 N–H and O–H groups in total. The van der Waals surface area contributed by atoms with Crippen LogP contribution in [0.3, 0.4) is 0 Å². The first-order valence-electron chi connectivity index (χ1n) is 7.46. The topological polar surface area (TPSA) is 136 Å². The summed E-state index contributed by atoms with van der Waals surface area (Å²) in [6.45, 7) is 0.424. The predicted molar refractivity (Wildman–Crippen MR) is 88.9 cm³/mol. The molecule has 0 bridgehead atoms. The summed E-state index contributed by atoms with van der Waals surface area (Å²) >= 11 is 0. The van der Waals surface area contributed by atoms with Crippen LogP contribution in [0.5, 0.6) is 0 Å². The van der Waals surface area contributed by atoms with Gasteiger partial charge in [0.15, 0.2) is 6.34 Å². The largest absolute Gasteiger partial charge is 0.622 e. The number of rotatable bonds is 5. The van der Waals surface area contributed by atoms with Crippen molar-refractivity contribution < 1.29 is 14.1 Å². The van der Waals surface area contributed by atoms with Crippen LogP contribution in [0.15, 0.2) is 30.3 Å². The van der Waals surface area contributed by atoms with E-state index in [1.165, 1.54) is 15.5 Å². The molecule has 2 heterocycles. The van der Waals surface area contributed by atoms with E-state index >= 15 is 0 Å². The number of aromatic nitrogens is 3. The van der Waals surface area contributed by atoms with Crippen molar-refractivity contribution in [2.24, 2.45) is 0 Å². The first-order chi connectivity index (χ1) is 12.4. The highest BCUT2D eigenvalue weighted by Gasteiger charge is 2.35. The van der Waals surface area contributed by atoms with Gasteiger partial charge in [0.05, 0.1) is 0 Å². The maximum atomic E-state index is 11.2. The van der Waals surface area contributed by atoms with E-state index in [9.17, 15) is 20.2 Å². The molecule has 0 spiro atoms. The third-order valence-corrected chi connectivity index (χ3v) is 3.51. The highest BCUT2D eigenvalue weighted by molar-refractivity contribution is 5.33. The molecule has 0 amide bonds. The van der Waals surface area contributed by atoms with Crippen LogP contribution in [0.2, 0.25) is 0 Å². The van der Waals surface area contributed by atoms with Crippen molar-refractivity contribution in [1.29, 1.82) is 0 Å². The highest BCUT2D eigenvalue weighted by atomic mass is 16.7. The second-order valence-corrected chi connectivity index (χ2v) is 5.61. The van der Waals surface area contributed by atoms with Gasteiger partial charge >= 0.3 is 23.2 Å². The van der Waals surface area contributed by atoms with Crippen LogP contribution in [0.1, 0.15) is 5.56 Å². The smallest absolute Gasteiger partial charge is 0.330 e. The van der Waals surface area contributed by atoms with E-state index in [1.807, 2.05) is 30.3 Å². The van der Waals surface area contributed by atoms with Crippen molar-refractivity contribution >= 4 is 17.7 Å². The van der Waals surface area contributed by atoms with Crippen molar-refractivity contribution in [3.8, 4) is 0 Å². The third-order valence-electron chi connectivity index (χ3n) is 3.51. The fourth-order valence-corrected chi connectivity index (χ4v) is 2.36.